The molecule has 2 aliphatic carbocycles. The molecule has 0 aliphatic heterocycles. The van der Waals surface area contributed by atoms with Crippen molar-refractivity contribution in [3.8, 4) is 0 Å². The van der Waals surface area contributed by atoms with Gasteiger partial charge in [-0.15, -0.1) is 0 Å². The van der Waals surface area contributed by atoms with Crippen LogP contribution in [0.5, 0.6) is 0 Å². The summed E-state index contributed by atoms with van der Waals surface area (Å²) < 4.78 is 40.4. The maximum Gasteiger partial charge on any atom is 0.412 e. The largest absolute Gasteiger partial charge is 0.412 e. The number of alkyl halides is 3. The molecule has 0 radical (unpaired) electrons. The summed E-state index contributed by atoms with van der Waals surface area (Å²) in [5.74, 6) is -0.764. The molecule has 2 aliphatic rings. The number of benzene rings is 1. The first-order valence-electron chi connectivity index (χ1n) is 12.2. The Balaban J connectivity index is 1.85. The molecular weight excluding hydrogens is 453 g/mol. The second kappa shape index (κ2) is 11.3. The third-order valence-electron chi connectivity index (χ3n) is 6.95. The van der Waals surface area contributed by atoms with Crippen molar-refractivity contribution in [1.82, 2.24) is 10.2 Å². The highest BCUT2D eigenvalue weighted by molar-refractivity contribution is 5.81. The van der Waals surface area contributed by atoms with E-state index in [0.717, 1.165) is 37.8 Å². The molecule has 2 fully saturated rings. The van der Waals surface area contributed by atoms with Crippen molar-refractivity contribution in [2.24, 2.45) is 11.7 Å². The second-order valence-electron chi connectivity index (χ2n) is 9.89. The Morgan fingerprint density at radius 3 is 2.57 bits per heavy atom. The summed E-state index contributed by atoms with van der Waals surface area (Å²) in [6.07, 6.45) is 5.51. The van der Waals surface area contributed by atoms with Gasteiger partial charge in [0.2, 0.25) is 5.91 Å². The average molecular weight is 491 g/mol. The average Bonchev–Trinajstić information content (AvgIpc) is 3.54. The normalized spacial score (nSPS) is 22.0. The Morgan fingerprint density at radius 1 is 1.26 bits per heavy atom. The number of nitrogens with one attached hydrogen (secondary N) is 2. The number of allylic oxidation sites excluding steroid dienone is 2. The molecule has 3 rings (SSSR count). The predicted octanol–water partition coefficient (Wildman–Crippen LogP) is 5.19. The first-order valence-corrected chi connectivity index (χ1v) is 12.2. The molecule has 0 heterocycles. The molecule has 0 spiro atoms. The van der Waals surface area contributed by atoms with Gasteiger partial charge in [-0.1, -0.05) is 31.7 Å². The lowest BCUT2D eigenvalue weighted by atomic mass is 9.88. The van der Waals surface area contributed by atoms with Crippen LogP contribution in [-0.2, 0) is 4.79 Å². The first-order chi connectivity index (χ1) is 16.5. The van der Waals surface area contributed by atoms with Crippen molar-refractivity contribution in [2.75, 3.05) is 26.0 Å². The fourth-order valence-electron chi connectivity index (χ4n) is 4.52. The standard InChI is InChI=1S/C27H37F3N4O/c1-17(18(2)27(28,29)30)23-8-5-9-25(33-21-12-13-22(16-21)34(3)4)24(23)15-20(31)7-6-14-32-26(35)19-10-11-19/h5-9,15,17,19,21-22,33H,2,10-14,16,31H2,1,3-4H3,(H,32,35)/b7-6+,20-15-/t17?,21-,22-/m1/s1. The predicted molar refractivity (Wildman–Crippen MR) is 136 cm³/mol. The summed E-state index contributed by atoms with van der Waals surface area (Å²) in [6, 6.07) is 6.04. The van der Waals surface area contributed by atoms with Gasteiger partial charge in [-0.25, -0.2) is 0 Å². The van der Waals surface area contributed by atoms with E-state index in [1.165, 1.54) is 6.92 Å². The molecule has 35 heavy (non-hydrogen) atoms. The van der Waals surface area contributed by atoms with E-state index in [1.54, 1.807) is 30.4 Å². The van der Waals surface area contributed by atoms with Crippen LogP contribution in [0, 0.1) is 5.92 Å². The molecule has 2 saturated carbocycles. The molecule has 1 aromatic rings. The third kappa shape index (κ3) is 7.37. The Labute approximate surface area is 206 Å². The highest BCUT2D eigenvalue weighted by Crippen LogP contribution is 2.39. The third-order valence-corrected chi connectivity index (χ3v) is 6.95. The zero-order valence-electron chi connectivity index (χ0n) is 20.8. The molecule has 0 bridgehead atoms. The van der Waals surface area contributed by atoms with Gasteiger partial charge in [0, 0.05) is 53.0 Å². The summed E-state index contributed by atoms with van der Waals surface area (Å²) in [5, 5.41) is 6.39. The van der Waals surface area contributed by atoms with E-state index in [2.05, 4.69) is 36.2 Å². The zero-order valence-corrected chi connectivity index (χ0v) is 20.8. The van der Waals surface area contributed by atoms with Crippen LogP contribution in [0.25, 0.3) is 6.08 Å². The Bertz CT molecular complexity index is 979. The lowest BCUT2D eigenvalue weighted by Crippen LogP contribution is -2.27. The number of carbonyl (C=O) groups is 1. The summed E-state index contributed by atoms with van der Waals surface area (Å²) in [5.41, 5.74) is 7.74. The quantitative estimate of drug-likeness (QED) is 0.312. The maximum atomic E-state index is 13.5. The summed E-state index contributed by atoms with van der Waals surface area (Å²) in [6.45, 7) is 5.19. The van der Waals surface area contributed by atoms with Crippen molar-refractivity contribution in [3.05, 3.63) is 59.3 Å². The van der Waals surface area contributed by atoms with E-state index in [9.17, 15) is 18.0 Å². The van der Waals surface area contributed by atoms with Gasteiger partial charge in [-0.05, 0) is 70.0 Å². The maximum absolute atomic E-state index is 13.5. The monoisotopic (exact) mass is 490 g/mol. The minimum absolute atomic E-state index is 0.0427. The van der Waals surface area contributed by atoms with Crippen LogP contribution in [0.4, 0.5) is 18.9 Å². The van der Waals surface area contributed by atoms with Crippen LogP contribution in [0.15, 0.2) is 48.2 Å². The zero-order chi connectivity index (χ0) is 25.8. The molecule has 4 N–H and O–H groups in total. The smallest absolute Gasteiger partial charge is 0.399 e. The Hall–Kier alpha value is -2.74. The van der Waals surface area contributed by atoms with Crippen molar-refractivity contribution in [2.45, 2.75) is 63.2 Å². The fraction of sp³-hybridized carbons (Fsp3) is 0.519. The fourth-order valence-corrected chi connectivity index (χ4v) is 4.52. The minimum Gasteiger partial charge on any atom is -0.399 e. The van der Waals surface area contributed by atoms with E-state index >= 15 is 0 Å². The van der Waals surface area contributed by atoms with Gasteiger partial charge in [0.15, 0.2) is 0 Å². The summed E-state index contributed by atoms with van der Waals surface area (Å²) >= 11 is 0. The number of hydrogen-bond donors (Lipinski definition) is 3. The topological polar surface area (TPSA) is 70.4 Å². The first kappa shape index (κ1) is 26.9. The molecule has 8 heteroatoms. The molecular formula is C27H37F3N4O. The SMILES string of the molecule is C=C(C(C)c1cccc(N[C@@H]2CC[C@@H](N(C)C)C2)c1/C=C(N)/C=C/CNC(=O)C1CC1)C(F)(F)F. The van der Waals surface area contributed by atoms with Gasteiger partial charge < -0.3 is 21.3 Å². The highest BCUT2D eigenvalue weighted by Gasteiger charge is 2.36. The molecule has 1 unspecified atom stereocenters. The van der Waals surface area contributed by atoms with Crippen molar-refractivity contribution < 1.29 is 18.0 Å². The van der Waals surface area contributed by atoms with E-state index < -0.39 is 17.7 Å². The number of nitrogens with zero attached hydrogens (tertiary/aromatic N) is 1. The van der Waals surface area contributed by atoms with Crippen molar-refractivity contribution in [1.29, 1.82) is 0 Å². The van der Waals surface area contributed by atoms with Gasteiger partial charge >= 0.3 is 6.18 Å². The second-order valence-corrected chi connectivity index (χ2v) is 9.89. The molecule has 0 saturated heterocycles. The summed E-state index contributed by atoms with van der Waals surface area (Å²) in [4.78, 5) is 14.0. The van der Waals surface area contributed by atoms with Crippen LogP contribution in [0.2, 0.25) is 0 Å². The highest BCUT2D eigenvalue weighted by atomic mass is 19.4. The Morgan fingerprint density at radius 2 is 1.97 bits per heavy atom. The number of carbonyl (C=O) groups excluding carboxylic acids is 1. The number of nitrogens with two attached hydrogens (primary N) is 1. The number of rotatable bonds is 10. The van der Waals surface area contributed by atoms with Gasteiger partial charge in [0.05, 0.1) is 0 Å². The molecule has 3 atom stereocenters. The molecule has 192 valence electrons. The van der Waals surface area contributed by atoms with E-state index in [-0.39, 0.29) is 17.9 Å². The van der Waals surface area contributed by atoms with Gasteiger partial charge in [0.25, 0.3) is 0 Å². The van der Waals surface area contributed by atoms with Gasteiger partial charge in [0.1, 0.15) is 0 Å². The van der Waals surface area contributed by atoms with Crippen LogP contribution in [-0.4, -0.2) is 49.7 Å². The lowest BCUT2D eigenvalue weighted by Gasteiger charge is -2.24. The van der Waals surface area contributed by atoms with E-state index in [1.807, 2.05) is 6.07 Å². The van der Waals surface area contributed by atoms with Gasteiger partial charge in [-0.3, -0.25) is 4.79 Å². The van der Waals surface area contributed by atoms with Crippen molar-refractivity contribution in [3.63, 3.8) is 0 Å². The Kier molecular flexibility index (Phi) is 8.70. The number of hydrogen-bond acceptors (Lipinski definition) is 4. The van der Waals surface area contributed by atoms with Crippen LogP contribution >= 0.6 is 0 Å². The minimum atomic E-state index is -4.49. The van der Waals surface area contributed by atoms with E-state index in [4.69, 9.17) is 5.73 Å². The van der Waals surface area contributed by atoms with E-state index in [0.29, 0.717) is 29.4 Å². The molecule has 1 aromatic carbocycles. The number of anilines is 1. The number of halogens is 3. The van der Waals surface area contributed by atoms with Crippen LogP contribution in [0.1, 0.15) is 56.1 Å². The summed E-state index contributed by atoms with van der Waals surface area (Å²) in [7, 11) is 4.12. The molecule has 5 nitrogen and oxygen atoms in total. The molecule has 0 aromatic heterocycles. The molecule has 1 amide bonds. The lowest BCUT2D eigenvalue weighted by molar-refractivity contribution is -0.122. The van der Waals surface area contributed by atoms with Crippen LogP contribution < -0.4 is 16.4 Å². The number of amides is 1. The van der Waals surface area contributed by atoms with Crippen molar-refractivity contribution >= 4 is 17.7 Å². The van der Waals surface area contributed by atoms with Crippen LogP contribution in [0.3, 0.4) is 0 Å². The van der Waals surface area contributed by atoms with Gasteiger partial charge in [-0.2, -0.15) is 13.2 Å².